The third-order valence-electron chi connectivity index (χ3n) is 5.44. The van der Waals surface area contributed by atoms with Gasteiger partial charge in [-0.3, -0.25) is 14.7 Å². The van der Waals surface area contributed by atoms with Crippen molar-refractivity contribution in [3.63, 3.8) is 0 Å². The van der Waals surface area contributed by atoms with Crippen LogP contribution >= 0.6 is 0 Å². The molecule has 0 spiro atoms. The van der Waals surface area contributed by atoms with Gasteiger partial charge in [-0.25, -0.2) is 4.98 Å². The van der Waals surface area contributed by atoms with Crippen LogP contribution < -0.4 is 5.32 Å². The van der Waals surface area contributed by atoms with E-state index in [1.165, 1.54) is 5.52 Å². The first-order chi connectivity index (χ1) is 13.6. The third kappa shape index (κ3) is 3.92. The van der Waals surface area contributed by atoms with Crippen LogP contribution in [-0.2, 0) is 11.3 Å². The van der Waals surface area contributed by atoms with E-state index in [0.717, 1.165) is 49.5 Å². The second-order valence-electron chi connectivity index (χ2n) is 7.76. The first kappa shape index (κ1) is 18.6. The molecule has 1 N–H and O–H groups in total. The third-order valence-corrected chi connectivity index (χ3v) is 5.44. The van der Waals surface area contributed by atoms with Gasteiger partial charge >= 0.3 is 0 Å². The van der Waals surface area contributed by atoms with Gasteiger partial charge in [0, 0.05) is 18.2 Å². The predicted molar refractivity (Wildman–Crippen MR) is 111 cm³/mol. The Labute approximate surface area is 165 Å². The number of piperidine rings is 1. The minimum absolute atomic E-state index is 0.0559. The van der Waals surface area contributed by atoms with Gasteiger partial charge < -0.3 is 9.88 Å². The molecule has 2 aromatic heterocycles. The van der Waals surface area contributed by atoms with Gasteiger partial charge in [0.25, 0.3) is 0 Å². The molecule has 0 saturated carbocycles. The van der Waals surface area contributed by atoms with Crippen LogP contribution in [0, 0.1) is 5.92 Å². The van der Waals surface area contributed by atoms with E-state index in [4.69, 9.17) is 4.98 Å². The number of amides is 1. The molecular formula is C22H27N5O. The summed E-state index contributed by atoms with van der Waals surface area (Å²) in [6, 6.07) is 12.4. The summed E-state index contributed by atoms with van der Waals surface area (Å²) in [5, 5.41) is 2.98. The molecule has 1 fully saturated rings. The number of benzene rings is 1. The van der Waals surface area contributed by atoms with Gasteiger partial charge in [0.15, 0.2) is 0 Å². The van der Waals surface area contributed by atoms with Gasteiger partial charge in [-0.05, 0) is 64.0 Å². The fraction of sp³-hybridized carbons (Fsp3) is 0.409. The van der Waals surface area contributed by atoms with Gasteiger partial charge in [-0.1, -0.05) is 12.1 Å². The van der Waals surface area contributed by atoms with E-state index >= 15 is 0 Å². The van der Waals surface area contributed by atoms with Gasteiger partial charge in [0.1, 0.15) is 5.82 Å². The SMILES string of the molecule is CC(C)n1c(CN2CCC(C(=O)Nc3cccnc3)CC2)nc2ccccc21. The Morgan fingerprint density at radius 1 is 1.18 bits per heavy atom. The van der Waals surface area contributed by atoms with Crippen molar-refractivity contribution in [1.29, 1.82) is 0 Å². The van der Waals surface area contributed by atoms with Gasteiger partial charge in [0.05, 0.1) is 29.5 Å². The Bertz CT molecular complexity index is 942. The number of anilines is 1. The lowest BCUT2D eigenvalue weighted by Gasteiger charge is -2.31. The number of pyridine rings is 1. The summed E-state index contributed by atoms with van der Waals surface area (Å²) in [6.07, 6.45) is 5.13. The molecule has 1 aliphatic rings. The summed E-state index contributed by atoms with van der Waals surface area (Å²) >= 11 is 0. The molecule has 3 aromatic rings. The van der Waals surface area contributed by atoms with Crippen molar-refractivity contribution < 1.29 is 4.79 Å². The highest BCUT2D eigenvalue weighted by atomic mass is 16.1. The molecule has 0 radical (unpaired) electrons. The second kappa shape index (κ2) is 8.10. The summed E-state index contributed by atoms with van der Waals surface area (Å²) in [6.45, 7) is 7.04. The molecule has 4 rings (SSSR count). The van der Waals surface area contributed by atoms with Crippen LogP contribution in [0.5, 0.6) is 0 Å². The zero-order valence-electron chi connectivity index (χ0n) is 16.5. The number of carbonyl (C=O) groups is 1. The molecule has 1 saturated heterocycles. The van der Waals surface area contributed by atoms with Crippen molar-refractivity contribution in [2.75, 3.05) is 18.4 Å². The molecule has 0 atom stereocenters. The van der Waals surface area contributed by atoms with Crippen LogP contribution in [0.4, 0.5) is 5.69 Å². The van der Waals surface area contributed by atoms with Crippen molar-refractivity contribution in [2.24, 2.45) is 5.92 Å². The summed E-state index contributed by atoms with van der Waals surface area (Å²) in [7, 11) is 0. The number of fused-ring (bicyclic) bond motifs is 1. The molecule has 1 aromatic carbocycles. The van der Waals surface area contributed by atoms with Crippen molar-refractivity contribution >= 4 is 22.6 Å². The maximum Gasteiger partial charge on any atom is 0.227 e. The normalized spacial score (nSPS) is 16.0. The van der Waals surface area contributed by atoms with Gasteiger partial charge in [0.2, 0.25) is 5.91 Å². The zero-order chi connectivity index (χ0) is 19.5. The molecule has 0 bridgehead atoms. The predicted octanol–water partition coefficient (Wildman–Crippen LogP) is 3.86. The molecule has 1 aliphatic heterocycles. The number of rotatable bonds is 5. The average molecular weight is 377 g/mol. The average Bonchev–Trinajstić information content (AvgIpc) is 3.07. The maximum atomic E-state index is 12.5. The molecule has 3 heterocycles. The first-order valence-electron chi connectivity index (χ1n) is 10.0. The van der Waals surface area contributed by atoms with Crippen molar-refractivity contribution in [2.45, 2.75) is 39.3 Å². The monoisotopic (exact) mass is 377 g/mol. The van der Waals surface area contributed by atoms with Gasteiger partial charge in [-0.2, -0.15) is 0 Å². The number of imidazole rings is 1. The van der Waals surface area contributed by atoms with Crippen LogP contribution in [-0.4, -0.2) is 38.4 Å². The summed E-state index contributed by atoms with van der Waals surface area (Å²) in [5.41, 5.74) is 3.01. The number of nitrogens with zero attached hydrogens (tertiary/aromatic N) is 4. The lowest BCUT2D eigenvalue weighted by molar-refractivity contribution is -0.121. The van der Waals surface area contributed by atoms with E-state index < -0.39 is 0 Å². The fourth-order valence-corrected chi connectivity index (χ4v) is 4.02. The molecule has 0 unspecified atom stereocenters. The van der Waals surface area contributed by atoms with Crippen molar-refractivity contribution in [3.8, 4) is 0 Å². The second-order valence-corrected chi connectivity index (χ2v) is 7.76. The highest BCUT2D eigenvalue weighted by Crippen LogP contribution is 2.24. The number of likely N-dealkylation sites (tertiary alicyclic amines) is 1. The molecule has 0 aliphatic carbocycles. The van der Waals surface area contributed by atoms with Crippen LogP contribution in [0.1, 0.15) is 38.6 Å². The Morgan fingerprint density at radius 3 is 2.68 bits per heavy atom. The minimum atomic E-state index is 0.0559. The molecular weight excluding hydrogens is 350 g/mol. The van der Waals surface area contributed by atoms with E-state index in [1.807, 2.05) is 18.2 Å². The largest absolute Gasteiger partial charge is 0.324 e. The first-order valence-corrected chi connectivity index (χ1v) is 10.0. The van der Waals surface area contributed by atoms with Crippen molar-refractivity contribution in [3.05, 3.63) is 54.6 Å². The van der Waals surface area contributed by atoms with E-state index in [-0.39, 0.29) is 11.8 Å². The highest BCUT2D eigenvalue weighted by Gasteiger charge is 2.26. The Morgan fingerprint density at radius 2 is 1.96 bits per heavy atom. The number of aromatic nitrogens is 3. The van der Waals surface area contributed by atoms with Crippen LogP contribution in [0.3, 0.4) is 0 Å². The summed E-state index contributed by atoms with van der Waals surface area (Å²) in [5.74, 6) is 1.26. The van der Waals surface area contributed by atoms with E-state index in [1.54, 1.807) is 12.4 Å². The summed E-state index contributed by atoms with van der Waals surface area (Å²) < 4.78 is 2.33. The number of carbonyl (C=O) groups excluding carboxylic acids is 1. The van der Waals surface area contributed by atoms with Crippen molar-refractivity contribution in [1.82, 2.24) is 19.4 Å². The Balaban J connectivity index is 1.39. The Kier molecular flexibility index (Phi) is 5.39. The lowest BCUT2D eigenvalue weighted by atomic mass is 9.96. The number of hydrogen-bond acceptors (Lipinski definition) is 4. The van der Waals surface area contributed by atoms with Crippen LogP contribution in [0.2, 0.25) is 0 Å². The quantitative estimate of drug-likeness (QED) is 0.733. The summed E-state index contributed by atoms with van der Waals surface area (Å²) in [4.78, 5) is 23.9. The fourth-order valence-electron chi connectivity index (χ4n) is 4.02. The standard InChI is InChI=1S/C22H27N5O/c1-16(2)27-20-8-4-3-7-19(20)25-21(27)15-26-12-9-17(10-13-26)22(28)24-18-6-5-11-23-14-18/h3-8,11,14,16-17H,9-10,12-13,15H2,1-2H3,(H,24,28). The number of para-hydroxylation sites is 2. The Hall–Kier alpha value is -2.73. The molecule has 1 amide bonds. The number of hydrogen-bond donors (Lipinski definition) is 1. The van der Waals surface area contributed by atoms with E-state index in [2.05, 4.69) is 51.8 Å². The lowest BCUT2D eigenvalue weighted by Crippen LogP contribution is -2.38. The zero-order valence-corrected chi connectivity index (χ0v) is 16.5. The van der Waals surface area contributed by atoms with E-state index in [0.29, 0.717) is 6.04 Å². The maximum absolute atomic E-state index is 12.5. The molecule has 6 nitrogen and oxygen atoms in total. The van der Waals surface area contributed by atoms with Crippen LogP contribution in [0.25, 0.3) is 11.0 Å². The van der Waals surface area contributed by atoms with Crippen LogP contribution in [0.15, 0.2) is 48.8 Å². The van der Waals surface area contributed by atoms with E-state index in [9.17, 15) is 4.79 Å². The van der Waals surface area contributed by atoms with Gasteiger partial charge in [-0.15, -0.1) is 0 Å². The highest BCUT2D eigenvalue weighted by molar-refractivity contribution is 5.92. The topological polar surface area (TPSA) is 63.1 Å². The smallest absolute Gasteiger partial charge is 0.227 e. The number of nitrogens with one attached hydrogen (secondary N) is 1. The molecule has 28 heavy (non-hydrogen) atoms. The molecule has 146 valence electrons. The molecule has 6 heteroatoms. The minimum Gasteiger partial charge on any atom is -0.324 e.